The van der Waals surface area contributed by atoms with Crippen molar-refractivity contribution in [2.24, 2.45) is 0 Å². The number of nitro groups is 1. The second kappa shape index (κ2) is 3.58. The van der Waals surface area contributed by atoms with Crippen molar-refractivity contribution in [1.82, 2.24) is 0 Å². The summed E-state index contributed by atoms with van der Waals surface area (Å²) in [6.07, 6.45) is 1.47. The lowest BCUT2D eigenvalue weighted by Gasteiger charge is -2.19. The van der Waals surface area contributed by atoms with E-state index in [1.54, 1.807) is 0 Å². The maximum atomic E-state index is 10.8. The molecule has 1 aromatic carbocycles. The van der Waals surface area contributed by atoms with Crippen LogP contribution in [0.1, 0.15) is 12.0 Å². The van der Waals surface area contributed by atoms with Crippen LogP contribution < -0.4 is 10.5 Å². The quantitative estimate of drug-likeness (QED) is 0.454. The van der Waals surface area contributed by atoms with Gasteiger partial charge < -0.3 is 10.5 Å². The molecule has 0 saturated heterocycles. The molecule has 0 aliphatic carbocycles. The molecule has 0 saturated carbocycles. The fraction of sp³-hybridized carbons (Fsp3) is 0.333. The van der Waals surface area contributed by atoms with Gasteiger partial charge in [0.15, 0.2) is 0 Å². The highest BCUT2D eigenvalue weighted by atomic mass is 35.5. The number of fused-ring (bicyclic) bond motifs is 1. The molecule has 0 aromatic heterocycles. The van der Waals surface area contributed by atoms with Gasteiger partial charge in [0.2, 0.25) is 5.75 Å². The highest BCUT2D eigenvalue weighted by molar-refractivity contribution is 6.33. The number of halogens is 1. The summed E-state index contributed by atoms with van der Waals surface area (Å²) in [5.41, 5.74) is 6.67. The molecule has 1 aliphatic rings. The van der Waals surface area contributed by atoms with Crippen LogP contribution in [0.15, 0.2) is 6.07 Å². The average Bonchev–Trinajstić information content (AvgIpc) is 2.23. The molecule has 1 heterocycles. The first-order valence-corrected chi connectivity index (χ1v) is 4.87. The van der Waals surface area contributed by atoms with Crippen LogP contribution in [-0.4, -0.2) is 11.5 Å². The zero-order valence-corrected chi connectivity index (χ0v) is 8.58. The van der Waals surface area contributed by atoms with E-state index in [1.807, 2.05) is 0 Å². The largest absolute Gasteiger partial charge is 0.487 e. The monoisotopic (exact) mass is 228 g/mol. The average molecular weight is 229 g/mol. The third-order valence-electron chi connectivity index (χ3n) is 2.37. The summed E-state index contributed by atoms with van der Waals surface area (Å²) in [5.74, 6) is 0.271. The Morgan fingerprint density at radius 2 is 2.33 bits per heavy atom. The Morgan fingerprint density at radius 1 is 1.60 bits per heavy atom. The highest BCUT2D eigenvalue weighted by Crippen LogP contribution is 2.42. The van der Waals surface area contributed by atoms with E-state index in [9.17, 15) is 10.1 Å². The Kier molecular flexibility index (Phi) is 2.40. The van der Waals surface area contributed by atoms with Crippen molar-refractivity contribution in [3.63, 3.8) is 0 Å². The first-order chi connectivity index (χ1) is 7.11. The molecule has 2 N–H and O–H groups in total. The molecule has 0 bridgehead atoms. The molecule has 6 heteroatoms. The third kappa shape index (κ3) is 1.59. The first kappa shape index (κ1) is 10.0. The van der Waals surface area contributed by atoms with Gasteiger partial charge in [-0.05, 0) is 12.8 Å². The number of nitrogens with zero attached hydrogens (tertiary/aromatic N) is 1. The van der Waals surface area contributed by atoms with Gasteiger partial charge in [-0.1, -0.05) is 11.6 Å². The van der Waals surface area contributed by atoms with Crippen molar-refractivity contribution in [3.8, 4) is 5.75 Å². The third-order valence-corrected chi connectivity index (χ3v) is 2.68. The number of hydrogen-bond acceptors (Lipinski definition) is 4. The summed E-state index contributed by atoms with van der Waals surface area (Å²) in [7, 11) is 0. The van der Waals surface area contributed by atoms with Crippen molar-refractivity contribution in [1.29, 1.82) is 0 Å². The molecule has 0 fully saturated rings. The van der Waals surface area contributed by atoms with E-state index < -0.39 is 4.92 Å². The number of benzene rings is 1. The predicted molar refractivity (Wildman–Crippen MR) is 56.3 cm³/mol. The summed E-state index contributed by atoms with van der Waals surface area (Å²) in [4.78, 5) is 10.3. The number of rotatable bonds is 1. The normalized spacial score (nSPS) is 14.2. The molecule has 15 heavy (non-hydrogen) atoms. The van der Waals surface area contributed by atoms with Gasteiger partial charge in [-0.2, -0.15) is 0 Å². The zero-order chi connectivity index (χ0) is 11.0. The number of nitro benzene ring substituents is 1. The van der Waals surface area contributed by atoms with Crippen LogP contribution in [0.4, 0.5) is 11.4 Å². The SMILES string of the molecule is Nc1c(Cl)cc([N+](=O)[O-])c2c1CCCO2. The topological polar surface area (TPSA) is 78.4 Å². The van der Waals surface area contributed by atoms with Crippen molar-refractivity contribution in [3.05, 3.63) is 26.8 Å². The van der Waals surface area contributed by atoms with Crippen LogP contribution in [0, 0.1) is 10.1 Å². The van der Waals surface area contributed by atoms with E-state index in [0.29, 0.717) is 24.3 Å². The van der Waals surface area contributed by atoms with Crippen LogP contribution in [0.25, 0.3) is 0 Å². The lowest BCUT2D eigenvalue weighted by molar-refractivity contribution is -0.386. The standard InChI is InChI=1S/C9H9ClN2O3/c10-6-4-7(12(13)14)9-5(8(6)11)2-1-3-15-9/h4H,1-3,11H2. The fourth-order valence-electron chi connectivity index (χ4n) is 1.65. The summed E-state index contributed by atoms with van der Waals surface area (Å²) in [5, 5.41) is 11.0. The van der Waals surface area contributed by atoms with Crippen molar-refractivity contribution in [2.75, 3.05) is 12.3 Å². The van der Waals surface area contributed by atoms with Gasteiger partial charge >= 0.3 is 5.69 Å². The molecule has 0 unspecified atom stereocenters. The summed E-state index contributed by atoms with van der Waals surface area (Å²) in [6.45, 7) is 0.481. The molecule has 0 radical (unpaired) electrons. The molecule has 80 valence electrons. The van der Waals surface area contributed by atoms with E-state index in [2.05, 4.69) is 0 Å². The first-order valence-electron chi connectivity index (χ1n) is 4.49. The second-order valence-electron chi connectivity index (χ2n) is 3.31. The van der Waals surface area contributed by atoms with E-state index in [1.165, 1.54) is 6.07 Å². The number of anilines is 1. The minimum Gasteiger partial charge on any atom is -0.487 e. The van der Waals surface area contributed by atoms with Gasteiger partial charge in [-0.3, -0.25) is 10.1 Å². The van der Waals surface area contributed by atoms with Crippen LogP contribution in [0.3, 0.4) is 0 Å². The van der Waals surface area contributed by atoms with Gasteiger partial charge in [-0.15, -0.1) is 0 Å². The minimum atomic E-state index is -0.504. The Morgan fingerprint density at radius 3 is 3.00 bits per heavy atom. The smallest absolute Gasteiger partial charge is 0.312 e. The van der Waals surface area contributed by atoms with Crippen LogP contribution >= 0.6 is 11.6 Å². The van der Waals surface area contributed by atoms with Crippen molar-refractivity contribution >= 4 is 23.0 Å². The fourth-order valence-corrected chi connectivity index (χ4v) is 1.87. The van der Waals surface area contributed by atoms with Crippen molar-refractivity contribution < 1.29 is 9.66 Å². The van der Waals surface area contributed by atoms with E-state index >= 15 is 0 Å². The zero-order valence-electron chi connectivity index (χ0n) is 7.83. The predicted octanol–water partition coefficient (Wildman–Crippen LogP) is 2.16. The Balaban J connectivity index is 2.67. The maximum Gasteiger partial charge on any atom is 0.312 e. The molecule has 0 amide bonds. The van der Waals surface area contributed by atoms with Crippen LogP contribution in [0.2, 0.25) is 5.02 Å². The van der Waals surface area contributed by atoms with Crippen LogP contribution in [-0.2, 0) is 6.42 Å². The summed E-state index contributed by atoms with van der Waals surface area (Å²) in [6, 6.07) is 1.24. The molecule has 2 rings (SSSR count). The molecule has 0 spiro atoms. The number of nitrogen functional groups attached to an aromatic ring is 1. The number of ether oxygens (including phenoxy) is 1. The minimum absolute atomic E-state index is 0.107. The van der Waals surface area contributed by atoms with E-state index in [0.717, 1.165) is 6.42 Å². The lowest BCUT2D eigenvalue weighted by atomic mass is 10.0. The maximum absolute atomic E-state index is 10.8. The number of hydrogen-bond donors (Lipinski definition) is 1. The Bertz CT molecular complexity index is 434. The van der Waals surface area contributed by atoms with Gasteiger partial charge in [0.05, 0.1) is 22.2 Å². The molecular weight excluding hydrogens is 220 g/mol. The lowest BCUT2D eigenvalue weighted by Crippen LogP contribution is -2.12. The number of nitrogens with two attached hydrogens (primary N) is 1. The molecule has 1 aliphatic heterocycles. The van der Waals surface area contributed by atoms with Gasteiger partial charge in [0.25, 0.3) is 0 Å². The van der Waals surface area contributed by atoms with E-state index in [4.69, 9.17) is 22.1 Å². The molecule has 1 aromatic rings. The molecular formula is C9H9ClN2O3. The van der Waals surface area contributed by atoms with Crippen molar-refractivity contribution in [2.45, 2.75) is 12.8 Å². The van der Waals surface area contributed by atoms with Gasteiger partial charge in [0, 0.05) is 11.6 Å². The van der Waals surface area contributed by atoms with E-state index in [-0.39, 0.29) is 16.5 Å². The molecule has 0 atom stereocenters. The second-order valence-corrected chi connectivity index (χ2v) is 3.72. The summed E-state index contributed by atoms with van der Waals surface area (Å²) < 4.78 is 5.27. The molecule has 5 nitrogen and oxygen atoms in total. The van der Waals surface area contributed by atoms with Gasteiger partial charge in [0.1, 0.15) is 0 Å². The van der Waals surface area contributed by atoms with Gasteiger partial charge in [-0.25, -0.2) is 0 Å². The highest BCUT2D eigenvalue weighted by Gasteiger charge is 2.26. The Labute approximate surface area is 90.9 Å². The Hall–Kier alpha value is -1.49. The summed E-state index contributed by atoms with van der Waals surface area (Å²) >= 11 is 5.81. The van der Waals surface area contributed by atoms with Crippen LogP contribution in [0.5, 0.6) is 5.75 Å².